The number of amides is 1. The van der Waals surface area contributed by atoms with Gasteiger partial charge in [0.25, 0.3) is 0 Å². The summed E-state index contributed by atoms with van der Waals surface area (Å²) in [4.78, 5) is 24.5. The molecule has 3 N–H and O–H groups in total. The molecule has 364 valence electrons. The van der Waals surface area contributed by atoms with Crippen LogP contribution in [0, 0.1) is 0 Å². The molecule has 2 unspecified atom stereocenters. The molecule has 0 aromatic heterocycles. The standard InChI is InChI=1S/C56H105NO5/c1-3-5-7-9-11-13-15-17-18-19-21-25-28-32-36-40-44-48-54(59)53(52-58)57-55(60)49-45-41-37-33-29-26-22-20-23-27-31-35-39-43-47-51-62-56(61)50-46-42-38-34-30-24-16-14-12-10-8-6-4-2/h8,10,14,16,23,27,53-54,58-59H,3-7,9,11-13,15,17-22,24-26,28-52H2,1-2H3,(H,57,60)/b10-8-,16-14-,27-23-. The predicted molar refractivity (Wildman–Crippen MR) is 269 cm³/mol. The Bertz CT molecular complexity index is 1010. The number of ether oxygens (including phenoxy) is 1. The number of hydrogen-bond acceptors (Lipinski definition) is 5. The minimum absolute atomic E-state index is 0.0256. The van der Waals surface area contributed by atoms with Gasteiger partial charge in [-0.3, -0.25) is 9.59 Å². The molecule has 0 saturated carbocycles. The minimum atomic E-state index is -0.675. The van der Waals surface area contributed by atoms with E-state index in [1.807, 2.05) is 0 Å². The topological polar surface area (TPSA) is 95.9 Å². The van der Waals surface area contributed by atoms with Crippen LogP contribution < -0.4 is 5.32 Å². The number of nitrogens with one attached hydrogen (secondary N) is 1. The van der Waals surface area contributed by atoms with Gasteiger partial charge in [0.1, 0.15) is 0 Å². The third-order valence-electron chi connectivity index (χ3n) is 12.4. The van der Waals surface area contributed by atoms with Crippen molar-refractivity contribution in [2.45, 2.75) is 296 Å². The van der Waals surface area contributed by atoms with E-state index in [0.717, 1.165) is 83.5 Å². The number of carbonyl (C=O) groups is 2. The van der Waals surface area contributed by atoms with Gasteiger partial charge in [0, 0.05) is 12.8 Å². The van der Waals surface area contributed by atoms with Crippen molar-refractivity contribution in [3.8, 4) is 0 Å². The van der Waals surface area contributed by atoms with Crippen LogP contribution in [0.25, 0.3) is 0 Å². The molecule has 0 radical (unpaired) electrons. The first-order chi connectivity index (χ1) is 30.5. The molecule has 6 heteroatoms. The maximum atomic E-state index is 12.5. The molecule has 0 aliphatic heterocycles. The lowest BCUT2D eigenvalue weighted by Gasteiger charge is -2.22. The quantitative estimate of drug-likeness (QED) is 0.0321. The number of carbonyl (C=O) groups excluding carboxylic acids is 2. The zero-order valence-corrected chi connectivity index (χ0v) is 41.4. The first-order valence-corrected chi connectivity index (χ1v) is 27.2. The Morgan fingerprint density at radius 1 is 0.452 bits per heavy atom. The number of allylic oxidation sites excluding steroid dienone is 6. The molecule has 6 nitrogen and oxygen atoms in total. The van der Waals surface area contributed by atoms with Gasteiger partial charge in [0.15, 0.2) is 0 Å². The van der Waals surface area contributed by atoms with E-state index in [0.29, 0.717) is 25.9 Å². The Kier molecular flexibility index (Phi) is 50.1. The van der Waals surface area contributed by atoms with Crippen LogP contribution >= 0.6 is 0 Å². The zero-order chi connectivity index (χ0) is 45.1. The highest BCUT2D eigenvalue weighted by Gasteiger charge is 2.20. The molecule has 0 rings (SSSR count). The average Bonchev–Trinajstić information content (AvgIpc) is 3.27. The number of rotatable bonds is 50. The second-order valence-electron chi connectivity index (χ2n) is 18.6. The van der Waals surface area contributed by atoms with Crippen molar-refractivity contribution in [3.63, 3.8) is 0 Å². The number of aliphatic hydroxyl groups excluding tert-OH is 2. The van der Waals surface area contributed by atoms with E-state index in [2.05, 4.69) is 55.6 Å². The van der Waals surface area contributed by atoms with Crippen LogP contribution in [0.2, 0.25) is 0 Å². The van der Waals surface area contributed by atoms with Gasteiger partial charge >= 0.3 is 5.97 Å². The van der Waals surface area contributed by atoms with Gasteiger partial charge in [-0.15, -0.1) is 0 Å². The molecule has 0 bridgehead atoms. The Labute approximate surface area is 385 Å². The second kappa shape index (κ2) is 51.7. The summed E-state index contributed by atoms with van der Waals surface area (Å²) < 4.78 is 5.44. The summed E-state index contributed by atoms with van der Waals surface area (Å²) >= 11 is 0. The lowest BCUT2D eigenvalue weighted by Crippen LogP contribution is -2.45. The Hall–Kier alpha value is -1.92. The first kappa shape index (κ1) is 60.1. The fraction of sp³-hybridized carbons (Fsp3) is 0.857. The minimum Gasteiger partial charge on any atom is -0.466 e. The highest BCUT2D eigenvalue weighted by Crippen LogP contribution is 2.16. The molecule has 1 amide bonds. The highest BCUT2D eigenvalue weighted by atomic mass is 16.5. The van der Waals surface area contributed by atoms with Crippen molar-refractivity contribution in [3.05, 3.63) is 36.5 Å². The number of aliphatic hydroxyl groups is 2. The average molecular weight is 872 g/mol. The molecule has 62 heavy (non-hydrogen) atoms. The summed E-state index contributed by atoms with van der Waals surface area (Å²) in [7, 11) is 0. The van der Waals surface area contributed by atoms with Gasteiger partial charge in [-0.05, 0) is 77.0 Å². The van der Waals surface area contributed by atoms with E-state index in [4.69, 9.17) is 4.74 Å². The van der Waals surface area contributed by atoms with Gasteiger partial charge in [-0.2, -0.15) is 0 Å². The maximum Gasteiger partial charge on any atom is 0.305 e. The highest BCUT2D eigenvalue weighted by molar-refractivity contribution is 5.76. The number of esters is 1. The van der Waals surface area contributed by atoms with Crippen molar-refractivity contribution >= 4 is 11.9 Å². The van der Waals surface area contributed by atoms with Crippen LogP contribution in [0.1, 0.15) is 284 Å². The van der Waals surface area contributed by atoms with Crippen LogP contribution in [-0.2, 0) is 14.3 Å². The largest absolute Gasteiger partial charge is 0.466 e. The van der Waals surface area contributed by atoms with E-state index < -0.39 is 12.1 Å². The molecule has 0 aromatic carbocycles. The Morgan fingerprint density at radius 2 is 0.839 bits per heavy atom. The van der Waals surface area contributed by atoms with Crippen LogP contribution in [0.15, 0.2) is 36.5 Å². The molecule has 0 aliphatic rings. The number of hydrogen-bond donors (Lipinski definition) is 3. The van der Waals surface area contributed by atoms with E-state index in [9.17, 15) is 19.8 Å². The SMILES string of the molecule is CCC/C=C\C/C=C\CCCCCCCC(=O)OCCCCCC/C=C\CCCCCCCCCC(=O)NC(CO)C(O)CCCCCCCCCCCCCCCCCCC. The van der Waals surface area contributed by atoms with E-state index >= 15 is 0 Å². The van der Waals surface area contributed by atoms with Crippen molar-refractivity contribution in [1.82, 2.24) is 5.32 Å². The van der Waals surface area contributed by atoms with E-state index in [1.165, 1.54) is 167 Å². The van der Waals surface area contributed by atoms with Crippen molar-refractivity contribution in [2.75, 3.05) is 13.2 Å². The van der Waals surface area contributed by atoms with Gasteiger partial charge in [-0.25, -0.2) is 0 Å². The molecular formula is C56H105NO5. The molecule has 0 spiro atoms. The summed E-state index contributed by atoms with van der Waals surface area (Å²) in [5.41, 5.74) is 0. The Balaban J connectivity index is 3.49. The summed E-state index contributed by atoms with van der Waals surface area (Å²) in [5.74, 6) is -0.0756. The van der Waals surface area contributed by atoms with Gasteiger partial charge in [0.2, 0.25) is 5.91 Å². The third kappa shape index (κ3) is 47.6. The summed E-state index contributed by atoms with van der Waals surface area (Å²) in [6.07, 6.45) is 62.6. The summed E-state index contributed by atoms with van der Waals surface area (Å²) in [5, 5.41) is 23.3. The van der Waals surface area contributed by atoms with Crippen LogP contribution in [0.4, 0.5) is 0 Å². The third-order valence-corrected chi connectivity index (χ3v) is 12.4. The zero-order valence-electron chi connectivity index (χ0n) is 41.4. The summed E-state index contributed by atoms with van der Waals surface area (Å²) in [6.45, 7) is 4.85. The first-order valence-electron chi connectivity index (χ1n) is 27.2. The molecule has 0 fully saturated rings. The Morgan fingerprint density at radius 3 is 1.31 bits per heavy atom. The molecular weight excluding hydrogens is 767 g/mol. The van der Waals surface area contributed by atoms with Gasteiger partial charge < -0.3 is 20.3 Å². The second-order valence-corrected chi connectivity index (χ2v) is 18.6. The number of unbranched alkanes of at least 4 members (excludes halogenated alkanes) is 33. The van der Waals surface area contributed by atoms with E-state index in [1.54, 1.807) is 0 Å². The normalized spacial score (nSPS) is 12.9. The fourth-order valence-electron chi connectivity index (χ4n) is 8.20. The van der Waals surface area contributed by atoms with E-state index in [-0.39, 0.29) is 18.5 Å². The smallest absolute Gasteiger partial charge is 0.305 e. The van der Waals surface area contributed by atoms with Crippen molar-refractivity contribution in [1.29, 1.82) is 0 Å². The van der Waals surface area contributed by atoms with Crippen LogP contribution in [0.5, 0.6) is 0 Å². The monoisotopic (exact) mass is 872 g/mol. The molecule has 0 aromatic rings. The van der Waals surface area contributed by atoms with Crippen LogP contribution in [-0.4, -0.2) is 47.4 Å². The maximum absolute atomic E-state index is 12.5. The van der Waals surface area contributed by atoms with Gasteiger partial charge in [0.05, 0.1) is 25.4 Å². The van der Waals surface area contributed by atoms with Gasteiger partial charge in [-0.1, -0.05) is 230 Å². The molecule has 2 atom stereocenters. The van der Waals surface area contributed by atoms with Crippen molar-refractivity contribution < 1.29 is 24.5 Å². The fourth-order valence-corrected chi connectivity index (χ4v) is 8.20. The molecule has 0 saturated heterocycles. The predicted octanol–water partition coefficient (Wildman–Crippen LogP) is 16.5. The molecule has 0 heterocycles. The summed E-state index contributed by atoms with van der Waals surface area (Å²) in [6, 6.07) is -0.554. The lowest BCUT2D eigenvalue weighted by atomic mass is 10.0. The molecule has 0 aliphatic carbocycles. The lowest BCUT2D eigenvalue weighted by molar-refractivity contribution is -0.143. The van der Waals surface area contributed by atoms with Crippen LogP contribution in [0.3, 0.4) is 0 Å². The van der Waals surface area contributed by atoms with Crippen molar-refractivity contribution in [2.24, 2.45) is 0 Å².